The number of carbonyl (C=O) groups is 1. The van der Waals surface area contributed by atoms with E-state index in [1.165, 1.54) is 11.1 Å². The smallest absolute Gasteiger partial charge is 0.167 e. The summed E-state index contributed by atoms with van der Waals surface area (Å²) in [5.41, 5.74) is 3.22. The van der Waals surface area contributed by atoms with E-state index in [9.17, 15) is 9.18 Å². The number of allylic oxidation sites excluding steroid dienone is 4. The van der Waals surface area contributed by atoms with Gasteiger partial charge in [0.2, 0.25) is 0 Å². The molecule has 1 aliphatic heterocycles. The van der Waals surface area contributed by atoms with E-state index in [4.69, 9.17) is 0 Å². The fraction of sp³-hybridized carbons (Fsp3) is 0.450. The van der Waals surface area contributed by atoms with Gasteiger partial charge >= 0.3 is 0 Å². The van der Waals surface area contributed by atoms with E-state index in [0.29, 0.717) is 6.42 Å². The van der Waals surface area contributed by atoms with Gasteiger partial charge in [-0.2, -0.15) is 0 Å². The largest absolute Gasteiger partial charge is 0.302 e. The van der Waals surface area contributed by atoms with Crippen LogP contribution in [0.1, 0.15) is 41.6 Å². The SMILES string of the molecule is O=C(c1ccc(C2=CCCC=C2)cc1)C1CCN(CCCF)C1. The summed E-state index contributed by atoms with van der Waals surface area (Å²) in [5, 5.41) is 0. The number of Topliss-reactive ketones (excluding diaryl/α,β-unsaturated/α-hetero) is 1. The molecule has 0 saturated carbocycles. The molecule has 2 nitrogen and oxygen atoms in total. The van der Waals surface area contributed by atoms with Gasteiger partial charge in [-0.05, 0) is 43.4 Å². The van der Waals surface area contributed by atoms with E-state index < -0.39 is 0 Å². The molecule has 0 N–H and O–H groups in total. The van der Waals surface area contributed by atoms with Crippen molar-refractivity contribution >= 4 is 11.4 Å². The zero-order valence-corrected chi connectivity index (χ0v) is 13.5. The lowest BCUT2D eigenvalue weighted by molar-refractivity contribution is 0.0922. The maximum absolute atomic E-state index is 12.6. The molecule has 1 heterocycles. The van der Waals surface area contributed by atoms with Gasteiger partial charge in [-0.25, -0.2) is 0 Å². The number of hydrogen-bond donors (Lipinski definition) is 0. The second kappa shape index (κ2) is 7.69. The summed E-state index contributed by atoms with van der Waals surface area (Å²) in [6.07, 6.45) is 10.2. The second-order valence-electron chi connectivity index (χ2n) is 6.41. The molecular weight excluding hydrogens is 289 g/mol. The van der Waals surface area contributed by atoms with Gasteiger partial charge in [0.15, 0.2) is 5.78 Å². The highest BCUT2D eigenvalue weighted by Crippen LogP contribution is 2.24. The summed E-state index contributed by atoms with van der Waals surface area (Å²) in [5.74, 6) is 0.293. The third-order valence-electron chi connectivity index (χ3n) is 4.75. The predicted octanol–water partition coefficient (Wildman–Crippen LogP) is 4.28. The highest BCUT2D eigenvalue weighted by molar-refractivity contribution is 5.98. The van der Waals surface area contributed by atoms with E-state index in [0.717, 1.165) is 44.5 Å². The minimum Gasteiger partial charge on any atom is -0.302 e. The lowest BCUT2D eigenvalue weighted by Gasteiger charge is -2.14. The number of carbonyl (C=O) groups excluding carboxylic acids is 1. The van der Waals surface area contributed by atoms with Crippen molar-refractivity contribution in [2.45, 2.75) is 25.7 Å². The van der Waals surface area contributed by atoms with Crippen LogP contribution in [0, 0.1) is 5.92 Å². The van der Waals surface area contributed by atoms with Gasteiger partial charge < -0.3 is 4.90 Å². The molecule has 1 aliphatic carbocycles. The lowest BCUT2D eigenvalue weighted by Crippen LogP contribution is -2.24. The number of likely N-dealkylation sites (tertiary alicyclic amines) is 1. The van der Waals surface area contributed by atoms with Gasteiger partial charge in [0.1, 0.15) is 0 Å². The van der Waals surface area contributed by atoms with Crippen LogP contribution in [0.15, 0.2) is 42.5 Å². The summed E-state index contributed by atoms with van der Waals surface area (Å²) >= 11 is 0. The van der Waals surface area contributed by atoms with Crippen molar-refractivity contribution in [3.05, 3.63) is 53.6 Å². The number of alkyl halides is 1. The Kier molecular flexibility index (Phi) is 5.39. The summed E-state index contributed by atoms with van der Waals surface area (Å²) in [6, 6.07) is 7.99. The number of nitrogens with zero attached hydrogens (tertiary/aromatic N) is 1. The van der Waals surface area contributed by atoms with Crippen LogP contribution in [0.3, 0.4) is 0 Å². The third-order valence-corrected chi connectivity index (χ3v) is 4.75. The first-order valence-corrected chi connectivity index (χ1v) is 8.57. The van der Waals surface area contributed by atoms with Gasteiger partial charge in [-0.3, -0.25) is 9.18 Å². The molecule has 1 atom stereocenters. The second-order valence-corrected chi connectivity index (χ2v) is 6.41. The van der Waals surface area contributed by atoms with Crippen LogP contribution in [0.2, 0.25) is 0 Å². The standard InChI is InChI=1S/C20H24FNO/c21-12-4-13-22-14-11-19(15-22)20(23)18-9-7-17(8-10-18)16-5-2-1-3-6-16/h2,5-10,19H,1,3-4,11-15H2. The van der Waals surface area contributed by atoms with Crippen molar-refractivity contribution in [3.63, 3.8) is 0 Å². The Morgan fingerprint density at radius 3 is 2.74 bits per heavy atom. The molecule has 3 rings (SSSR count). The van der Waals surface area contributed by atoms with E-state index in [1.54, 1.807) is 0 Å². The normalized spacial score (nSPS) is 21.4. The molecule has 1 saturated heterocycles. The Balaban J connectivity index is 1.62. The summed E-state index contributed by atoms with van der Waals surface area (Å²) < 4.78 is 12.3. The van der Waals surface area contributed by atoms with Crippen LogP contribution in [-0.4, -0.2) is 37.0 Å². The Hall–Kier alpha value is -1.74. The molecule has 122 valence electrons. The number of rotatable bonds is 6. The summed E-state index contributed by atoms with van der Waals surface area (Å²) in [4.78, 5) is 14.8. The van der Waals surface area contributed by atoms with Crippen LogP contribution in [0.5, 0.6) is 0 Å². The van der Waals surface area contributed by atoms with Crippen LogP contribution in [0.25, 0.3) is 5.57 Å². The first-order chi connectivity index (χ1) is 11.3. The molecule has 0 amide bonds. The van der Waals surface area contributed by atoms with E-state index in [-0.39, 0.29) is 18.4 Å². The molecule has 0 bridgehead atoms. The van der Waals surface area contributed by atoms with E-state index in [1.807, 2.05) is 24.3 Å². The summed E-state index contributed by atoms with van der Waals surface area (Å²) in [6.45, 7) is 2.17. The molecule has 3 heteroatoms. The van der Waals surface area contributed by atoms with Crippen LogP contribution in [0.4, 0.5) is 4.39 Å². The maximum Gasteiger partial charge on any atom is 0.167 e. The van der Waals surface area contributed by atoms with Crippen molar-refractivity contribution in [1.29, 1.82) is 0 Å². The topological polar surface area (TPSA) is 20.3 Å². The molecule has 1 aromatic carbocycles. The molecular formula is C20H24FNO. The van der Waals surface area contributed by atoms with Crippen LogP contribution < -0.4 is 0 Å². The zero-order valence-electron chi connectivity index (χ0n) is 13.5. The molecule has 23 heavy (non-hydrogen) atoms. The fourth-order valence-electron chi connectivity index (χ4n) is 3.42. The Morgan fingerprint density at radius 1 is 1.22 bits per heavy atom. The number of ketones is 1. The maximum atomic E-state index is 12.6. The van der Waals surface area contributed by atoms with Gasteiger partial charge in [0, 0.05) is 24.6 Å². The number of halogens is 1. The van der Waals surface area contributed by atoms with E-state index >= 15 is 0 Å². The minimum absolute atomic E-state index is 0.0641. The highest BCUT2D eigenvalue weighted by Gasteiger charge is 2.28. The van der Waals surface area contributed by atoms with Crippen molar-refractivity contribution in [2.24, 2.45) is 5.92 Å². The van der Waals surface area contributed by atoms with Crippen molar-refractivity contribution in [2.75, 3.05) is 26.3 Å². The molecule has 2 aliphatic rings. The number of benzene rings is 1. The average Bonchev–Trinajstić information content (AvgIpc) is 3.09. The molecule has 0 spiro atoms. The first kappa shape index (κ1) is 16.1. The molecule has 1 fully saturated rings. The van der Waals surface area contributed by atoms with Gasteiger partial charge in [0.05, 0.1) is 6.67 Å². The van der Waals surface area contributed by atoms with Gasteiger partial charge in [-0.15, -0.1) is 0 Å². The van der Waals surface area contributed by atoms with Gasteiger partial charge in [0.25, 0.3) is 0 Å². The Morgan fingerprint density at radius 2 is 2.04 bits per heavy atom. The first-order valence-electron chi connectivity index (χ1n) is 8.57. The Bertz CT molecular complexity index is 603. The van der Waals surface area contributed by atoms with Gasteiger partial charge in [-0.1, -0.05) is 42.5 Å². The van der Waals surface area contributed by atoms with Crippen molar-refractivity contribution in [3.8, 4) is 0 Å². The highest BCUT2D eigenvalue weighted by atomic mass is 19.1. The van der Waals surface area contributed by atoms with Crippen molar-refractivity contribution in [1.82, 2.24) is 4.90 Å². The molecule has 1 unspecified atom stereocenters. The monoisotopic (exact) mass is 313 g/mol. The molecule has 0 aromatic heterocycles. The molecule has 1 aromatic rings. The number of hydrogen-bond acceptors (Lipinski definition) is 2. The quantitative estimate of drug-likeness (QED) is 0.730. The van der Waals surface area contributed by atoms with Crippen molar-refractivity contribution < 1.29 is 9.18 Å². The predicted molar refractivity (Wildman–Crippen MR) is 92.3 cm³/mol. The third kappa shape index (κ3) is 3.97. The van der Waals surface area contributed by atoms with Crippen LogP contribution in [-0.2, 0) is 0 Å². The molecule has 0 radical (unpaired) electrons. The van der Waals surface area contributed by atoms with E-state index in [2.05, 4.69) is 23.1 Å². The average molecular weight is 313 g/mol. The zero-order chi connectivity index (χ0) is 16.1. The summed E-state index contributed by atoms with van der Waals surface area (Å²) in [7, 11) is 0. The lowest BCUT2D eigenvalue weighted by atomic mass is 9.94. The fourth-order valence-corrected chi connectivity index (χ4v) is 3.42. The Labute approximate surface area is 137 Å². The minimum atomic E-state index is -0.277. The van der Waals surface area contributed by atoms with Crippen LogP contribution >= 0.6 is 0 Å².